The van der Waals surface area contributed by atoms with Crippen LogP contribution < -0.4 is 0 Å². The number of carboxylic acids is 1. The van der Waals surface area contributed by atoms with Crippen LogP contribution in [0.1, 0.15) is 232 Å². The molecule has 0 radical (unpaired) electrons. The largest absolute Gasteiger partial charge is 0.479 e. The minimum absolute atomic E-state index is 0.187. The summed E-state index contributed by atoms with van der Waals surface area (Å²) < 4.78 is 21.8. The number of aliphatic carboxylic acids is 1. The van der Waals surface area contributed by atoms with Gasteiger partial charge >= 0.3 is 17.9 Å². The third kappa shape index (κ3) is 32.4. The summed E-state index contributed by atoms with van der Waals surface area (Å²) in [5, 5.41) is 39.9. The maximum Gasteiger partial charge on any atom is 0.335 e. The van der Waals surface area contributed by atoms with E-state index in [2.05, 4.69) is 38.2 Å². The minimum Gasteiger partial charge on any atom is -0.479 e. The Hall–Kier alpha value is -2.31. The molecule has 1 saturated heterocycles. The number of ether oxygens (including phenoxy) is 4. The van der Waals surface area contributed by atoms with Gasteiger partial charge < -0.3 is 39.4 Å². The number of carbonyl (C=O) groups is 3. The topological polar surface area (TPSA) is 169 Å². The normalized spacial score (nSPS) is 19.7. The smallest absolute Gasteiger partial charge is 0.335 e. The van der Waals surface area contributed by atoms with Gasteiger partial charge in [-0.2, -0.15) is 0 Å². The first-order valence-corrected chi connectivity index (χ1v) is 25.4. The van der Waals surface area contributed by atoms with Crippen LogP contribution in [0.5, 0.6) is 0 Å². The highest BCUT2D eigenvalue weighted by Gasteiger charge is 2.47. The number of aliphatic hydroxyl groups excluding tert-OH is 3. The first-order valence-electron chi connectivity index (χ1n) is 25.4. The average molecular weight is 881 g/mol. The van der Waals surface area contributed by atoms with E-state index < -0.39 is 54.7 Å². The highest BCUT2D eigenvalue weighted by molar-refractivity contribution is 5.73. The molecule has 0 aromatic rings. The fourth-order valence-corrected chi connectivity index (χ4v) is 7.79. The molecule has 0 aromatic carbocycles. The average Bonchev–Trinajstić information content (AvgIpc) is 3.26. The van der Waals surface area contributed by atoms with Gasteiger partial charge in [0.2, 0.25) is 0 Å². The number of unbranched alkanes of at least 4 members (excludes halogenated alkanes) is 28. The van der Waals surface area contributed by atoms with Crippen molar-refractivity contribution in [1.29, 1.82) is 0 Å². The van der Waals surface area contributed by atoms with Crippen LogP contribution in [0, 0.1) is 0 Å². The Morgan fingerprint density at radius 1 is 0.500 bits per heavy atom. The Labute approximate surface area is 377 Å². The number of aliphatic hydroxyl groups is 3. The molecule has 6 atom stereocenters. The highest BCUT2D eigenvalue weighted by Crippen LogP contribution is 2.23. The molecule has 11 nitrogen and oxygen atoms in total. The third-order valence-corrected chi connectivity index (χ3v) is 11.8. The Kier molecular flexibility index (Phi) is 38.5. The lowest BCUT2D eigenvalue weighted by molar-refractivity contribution is -0.298. The number of allylic oxidation sites excluding steroid dienone is 4. The predicted octanol–water partition coefficient (Wildman–Crippen LogP) is 11.8. The van der Waals surface area contributed by atoms with E-state index in [1.54, 1.807) is 0 Å². The standard InChI is InChI=1S/C51H92O11/c1-3-5-7-9-11-13-15-17-19-20-21-22-23-24-26-27-29-31-33-35-37-39-44(52)59-41-43(42-60-51-48(56)46(54)47(55)49(62-51)50(57)58)61-45(53)40-38-36-34-32-30-28-25-18-16-14-12-10-8-6-4-2/h15,17,20-21,43,46-49,51,54-56H,3-14,16,18-19,22-42H2,1-2H3,(H,57,58)/b17-15-,21-20-. The first-order chi connectivity index (χ1) is 30.2. The molecule has 1 aliphatic heterocycles. The Morgan fingerprint density at radius 3 is 1.34 bits per heavy atom. The minimum atomic E-state index is -1.86. The number of carbonyl (C=O) groups excluding carboxylic acids is 2. The van der Waals surface area contributed by atoms with Crippen molar-refractivity contribution in [3.63, 3.8) is 0 Å². The summed E-state index contributed by atoms with van der Waals surface area (Å²) in [4.78, 5) is 36.9. The molecule has 1 fully saturated rings. The molecule has 0 amide bonds. The Morgan fingerprint density at radius 2 is 0.903 bits per heavy atom. The molecule has 11 heteroatoms. The molecule has 0 spiro atoms. The maximum atomic E-state index is 12.8. The predicted molar refractivity (Wildman–Crippen MR) is 248 cm³/mol. The molecule has 0 saturated carbocycles. The number of hydrogen-bond acceptors (Lipinski definition) is 10. The van der Waals surface area contributed by atoms with Crippen molar-refractivity contribution in [3.05, 3.63) is 24.3 Å². The van der Waals surface area contributed by atoms with E-state index >= 15 is 0 Å². The van der Waals surface area contributed by atoms with E-state index in [4.69, 9.17) is 18.9 Å². The van der Waals surface area contributed by atoms with Crippen molar-refractivity contribution in [2.24, 2.45) is 0 Å². The van der Waals surface area contributed by atoms with Crippen LogP contribution in [0.2, 0.25) is 0 Å². The first kappa shape index (κ1) is 57.7. The highest BCUT2D eigenvalue weighted by atomic mass is 16.7. The molecule has 62 heavy (non-hydrogen) atoms. The molecule has 0 aromatic heterocycles. The van der Waals surface area contributed by atoms with Gasteiger partial charge in [-0.3, -0.25) is 9.59 Å². The zero-order chi connectivity index (χ0) is 45.3. The molecule has 1 aliphatic rings. The van der Waals surface area contributed by atoms with Crippen LogP contribution in [0.3, 0.4) is 0 Å². The molecule has 1 heterocycles. The van der Waals surface area contributed by atoms with Crippen molar-refractivity contribution in [1.82, 2.24) is 0 Å². The van der Waals surface area contributed by atoms with E-state index in [0.29, 0.717) is 12.8 Å². The molecular formula is C51H92O11. The number of rotatable bonds is 43. The summed E-state index contributed by atoms with van der Waals surface area (Å²) in [6, 6.07) is 0. The van der Waals surface area contributed by atoms with Gasteiger partial charge in [0.05, 0.1) is 6.61 Å². The van der Waals surface area contributed by atoms with Crippen LogP contribution in [0.25, 0.3) is 0 Å². The van der Waals surface area contributed by atoms with Gasteiger partial charge in [-0.1, -0.05) is 199 Å². The SMILES string of the molecule is CCCCCCC/C=C\C/C=C\CCCCCCCCCCCC(=O)OCC(COC1OC(C(=O)O)C(O)C(O)C1O)OC(=O)CCCCCCCCCCCCCCCCC. The monoisotopic (exact) mass is 881 g/mol. The summed E-state index contributed by atoms with van der Waals surface area (Å²) >= 11 is 0. The van der Waals surface area contributed by atoms with Crippen LogP contribution >= 0.6 is 0 Å². The Bertz CT molecular complexity index is 1130. The zero-order valence-corrected chi connectivity index (χ0v) is 39.4. The van der Waals surface area contributed by atoms with E-state index in [0.717, 1.165) is 51.4 Å². The van der Waals surface area contributed by atoms with E-state index in [1.807, 2.05) is 0 Å². The zero-order valence-electron chi connectivity index (χ0n) is 39.4. The molecule has 4 N–H and O–H groups in total. The lowest BCUT2D eigenvalue weighted by Crippen LogP contribution is -2.60. The number of hydrogen-bond donors (Lipinski definition) is 4. The molecular weight excluding hydrogens is 789 g/mol. The third-order valence-electron chi connectivity index (χ3n) is 11.8. The fourth-order valence-electron chi connectivity index (χ4n) is 7.79. The molecule has 1 rings (SSSR count). The maximum absolute atomic E-state index is 12.8. The van der Waals surface area contributed by atoms with Gasteiger partial charge in [0.15, 0.2) is 18.5 Å². The van der Waals surface area contributed by atoms with Gasteiger partial charge in [-0.25, -0.2) is 4.79 Å². The molecule has 362 valence electrons. The van der Waals surface area contributed by atoms with Gasteiger partial charge in [0.1, 0.15) is 24.9 Å². The fraction of sp³-hybridized carbons (Fsp3) is 0.863. The summed E-state index contributed by atoms with van der Waals surface area (Å²) in [5.41, 5.74) is 0. The van der Waals surface area contributed by atoms with Crippen molar-refractivity contribution in [2.45, 2.75) is 269 Å². The van der Waals surface area contributed by atoms with Crippen LogP contribution in [0.4, 0.5) is 0 Å². The van der Waals surface area contributed by atoms with Crippen LogP contribution in [-0.4, -0.2) is 88.4 Å². The molecule has 6 unspecified atom stereocenters. The van der Waals surface area contributed by atoms with Crippen LogP contribution in [-0.2, 0) is 33.3 Å². The van der Waals surface area contributed by atoms with E-state index in [1.165, 1.54) is 141 Å². The second kappa shape index (κ2) is 41.4. The van der Waals surface area contributed by atoms with E-state index in [9.17, 15) is 34.8 Å². The summed E-state index contributed by atoms with van der Waals surface area (Å²) in [5.74, 6) is -2.43. The van der Waals surface area contributed by atoms with Gasteiger partial charge in [0.25, 0.3) is 0 Å². The summed E-state index contributed by atoms with van der Waals surface area (Å²) in [6.07, 6.45) is 37.9. The van der Waals surface area contributed by atoms with Crippen molar-refractivity contribution < 1.29 is 53.8 Å². The molecule has 0 aliphatic carbocycles. The van der Waals surface area contributed by atoms with Crippen molar-refractivity contribution in [3.8, 4) is 0 Å². The Balaban J connectivity index is 2.29. The van der Waals surface area contributed by atoms with Gasteiger partial charge in [-0.05, 0) is 44.9 Å². The quantitative estimate of drug-likeness (QED) is 0.0261. The lowest BCUT2D eigenvalue weighted by atomic mass is 9.99. The number of esters is 2. The van der Waals surface area contributed by atoms with Crippen LogP contribution in [0.15, 0.2) is 24.3 Å². The van der Waals surface area contributed by atoms with Crippen molar-refractivity contribution in [2.75, 3.05) is 13.2 Å². The van der Waals surface area contributed by atoms with Gasteiger partial charge in [-0.15, -0.1) is 0 Å². The number of carboxylic acid groups (broad SMARTS) is 1. The second-order valence-corrected chi connectivity index (χ2v) is 17.7. The summed E-state index contributed by atoms with van der Waals surface area (Å²) in [6.45, 7) is 3.83. The van der Waals surface area contributed by atoms with Crippen molar-refractivity contribution >= 4 is 17.9 Å². The summed E-state index contributed by atoms with van der Waals surface area (Å²) in [7, 11) is 0. The second-order valence-electron chi connectivity index (χ2n) is 17.7. The molecule has 0 bridgehead atoms. The van der Waals surface area contributed by atoms with E-state index in [-0.39, 0.29) is 26.1 Å². The lowest BCUT2D eigenvalue weighted by Gasteiger charge is -2.38. The van der Waals surface area contributed by atoms with Gasteiger partial charge in [0, 0.05) is 12.8 Å².